The van der Waals surface area contributed by atoms with Crippen LogP contribution in [-0.2, 0) is 12.6 Å². The van der Waals surface area contributed by atoms with Crippen LogP contribution in [0.2, 0.25) is 0 Å². The molecule has 0 aromatic heterocycles. The maximum atomic E-state index is 13.0. The Morgan fingerprint density at radius 2 is 1.68 bits per heavy atom. The third-order valence-electron chi connectivity index (χ3n) is 3.03. The van der Waals surface area contributed by atoms with Crippen LogP contribution in [0.3, 0.4) is 0 Å². The summed E-state index contributed by atoms with van der Waals surface area (Å²) in [4.78, 5) is 0. The second kappa shape index (κ2) is 4.96. The number of nitrogen functional groups attached to an aromatic ring is 1. The molecular formula is C15H14F3N. The van der Waals surface area contributed by atoms with E-state index in [-0.39, 0.29) is 5.56 Å². The molecule has 2 rings (SSSR count). The summed E-state index contributed by atoms with van der Waals surface area (Å²) in [5.74, 6) is 0. The normalized spacial score (nSPS) is 11.6. The molecule has 0 heterocycles. The lowest BCUT2D eigenvalue weighted by Gasteiger charge is -2.15. The predicted octanol–water partition coefficient (Wildman–Crippen LogP) is 4.52. The zero-order chi connectivity index (χ0) is 14.0. The van der Waals surface area contributed by atoms with Crippen molar-refractivity contribution in [1.29, 1.82) is 0 Å². The summed E-state index contributed by atoms with van der Waals surface area (Å²) >= 11 is 0. The van der Waals surface area contributed by atoms with Gasteiger partial charge in [-0.1, -0.05) is 31.2 Å². The number of anilines is 1. The third-order valence-corrected chi connectivity index (χ3v) is 3.03. The minimum absolute atomic E-state index is 0.201. The smallest absolute Gasteiger partial charge is 0.399 e. The van der Waals surface area contributed by atoms with E-state index in [1.807, 2.05) is 6.92 Å². The van der Waals surface area contributed by atoms with Gasteiger partial charge in [-0.2, -0.15) is 13.2 Å². The van der Waals surface area contributed by atoms with Crippen LogP contribution < -0.4 is 5.73 Å². The Balaban J connectivity index is 2.66. The highest BCUT2D eigenvalue weighted by Crippen LogP contribution is 2.38. The molecule has 0 aliphatic heterocycles. The summed E-state index contributed by atoms with van der Waals surface area (Å²) in [5, 5.41) is 0. The van der Waals surface area contributed by atoms with Crippen molar-refractivity contribution in [2.75, 3.05) is 5.73 Å². The van der Waals surface area contributed by atoms with Gasteiger partial charge in [0.05, 0.1) is 5.56 Å². The molecule has 0 bridgehead atoms. The molecule has 0 aliphatic rings. The largest absolute Gasteiger partial charge is 0.417 e. The van der Waals surface area contributed by atoms with Crippen LogP contribution in [0, 0.1) is 0 Å². The Morgan fingerprint density at radius 1 is 1.00 bits per heavy atom. The number of benzene rings is 2. The van der Waals surface area contributed by atoms with Crippen LogP contribution in [0.1, 0.15) is 18.1 Å². The number of nitrogens with two attached hydrogens (primary N) is 1. The summed E-state index contributed by atoms with van der Waals surface area (Å²) in [6, 6.07) is 10.6. The topological polar surface area (TPSA) is 26.0 Å². The van der Waals surface area contributed by atoms with Crippen LogP contribution >= 0.6 is 0 Å². The fraction of sp³-hybridized carbons (Fsp3) is 0.200. The molecule has 19 heavy (non-hydrogen) atoms. The van der Waals surface area contributed by atoms with Crippen LogP contribution in [0.4, 0.5) is 18.9 Å². The fourth-order valence-electron chi connectivity index (χ4n) is 2.13. The van der Waals surface area contributed by atoms with Gasteiger partial charge in [0.25, 0.3) is 0 Å². The first-order valence-corrected chi connectivity index (χ1v) is 5.98. The number of alkyl halides is 3. The van der Waals surface area contributed by atoms with E-state index in [1.54, 1.807) is 24.3 Å². The molecule has 0 spiro atoms. The molecule has 4 heteroatoms. The monoisotopic (exact) mass is 265 g/mol. The molecule has 0 fully saturated rings. The molecule has 0 radical (unpaired) electrons. The Hall–Kier alpha value is -1.97. The van der Waals surface area contributed by atoms with Gasteiger partial charge in [0.1, 0.15) is 0 Å². The van der Waals surface area contributed by atoms with E-state index in [4.69, 9.17) is 5.73 Å². The number of hydrogen-bond acceptors (Lipinski definition) is 1. The van der Waals surface area contributed by atoms with Gasteiger partial charge < -0.3 is 5.73 Å². The molecule has 0 saturated carbocycles. The molecule has 0 atom stereocenters. The highest BCUT2D eigenvalue weighted by molar-refractivity contribution is 5.73. The van der Waals surface area contributed by atoms with Gasteiger partial charge >= 0.3 is 6.18 Å². The summed E-state index contributed by atoms with van der Waals surface area (Å²) in [7, 11) is 0. The highest BCUT2D eigenvalue weighted by Gasteiger charge is 2.33. The zero-order valence-corrected chi connectivity index (χ0v) is 10.5. The van der Waals surface area contributed by atoms with E-state index in [2.05, 4.69) is 0 Å². The van der Waals surface area contributed by atoms with Crippen LogP contribution in [0.25, 0.3) is 11.1 Å². The SMILES string of the molecule is CCc1cc(N)ccc1-c1ccccc1C(F)(F)F. The van der Waals surface area contributed by atoms with E-state index < -0.39 is 11.7 Å². The van der Waals surface area contributed by atoms with E-state index in [1.165, 1.54) is 12.1 Å². The molecule has 1 nitrogen and oxygen atoms in total. The summed E-state index contributed by atoms with van der Waals surface area (Å²) in [6.07, 6.45) is -3.73. The van der Waals surface area contributed by atoms with E-state index in [9.17, 15) is 13.2 Å². The molecule has 0 amide bonds. The second-order valence-electron chi connectivity index (χ2n) is 4.31. The Labute approximate surface area is 109 Å². The minimum atomic E-state index is -4.36. The van der Waals surface area contributed by atoms with E-state index >= 15 is 0 Å². The lowest BCUT2D eigenvalue weighted by atomic mass is 9.93. The third kappa shape index (κ3) is 2.72. The Morgan fingerprint density at radius 3 is 2.32 bits per heavy atom. The molecule has 0 aliphatic carbocycles. The fourth-order valence-corrected chi connectivity index (χ4v) is 2.13. The lowest BCUT2D eigenvalue weighted by molar-refractivity contribution is -0.137. The van der Waals surface area contributed by atoms with Gasteiger partial charge in [0, 0.05) is 5.69 Å². The number of halogens is 3. The van der Waals surface area contributed by atoms with Crippen molar-refractivity contribution in [3.63, 3.8) is 0 Å². The molecule has 2 aromatic carbocycles. The number of rotatable bonds is 2. The second-order valence-corrected chi connectivity index (χ2v) is 4.31. The average molecular weight is 265 g/mol. The van der Waals surface area contributed by atoms with Crippen molar-refractivity contribution >= 4 is 5.69 Å². The first-order valence-electron chi connectivity index (χ1n) is 5.98. The molecule has 2 N–H and O–H groups in total. The predicted molar refractivity (Wildman–Crippen MR) is 70.7 cm³/mol. The first kappa shape index (κ1) is 13.5. The van der Waals surface area contributed by atoms with Crippen molar-refractivity contribution in [2.45, 2.75) is 19.5 Å². The Bertz CT molecular complexity index is 588. The lowest BCUT2D eigenvalue weighted by Crippen LogP contribution is -2.07. The molecular weight excluding hydrogens is 251 g/mol. The van der Waals surface area contributed by atoms with Gasteiger partial charge in [-0.05, 0) is 41.3 Å². The number of hydrogen-bond donors (Lipinski definition) is 1. The molecule has 0 unspecified atom stereocenters. The van der Waals surface area contributed by atoms with Crippen LogP contribution in [0.15, 0.2) is 42.5 Å². The molecule has 0 saturated heterocycles. The van der Waals surface area contributed by atoms with Crippen molar-refractivity contribution in [3.05, 3.63) is 53.6 Å². The zero-order valence-electron chi connectivity index (χ0n) is 10.5. The summed E-state index contributed by atoms with van der Waals surface area (Å²) in [5.41, 5.74) is 7.23. The number of aryl methyl sites for hydroxylation is 1. The molecule has 2 aromatic rings. The van der Waals surface area contributed by atoms with Crippen molar-refractivity contribution < 1.29 is 13.2 Å². The summed E-state index contributed by atoms with van der Waals surface area (Å²) < 4.78 is 39.1. The van der Waals surface area contributed by atoms with Crippen molar-refractivity contribution in [2.24, 2.45) is 0 Å². The van der Waals surface area contributed by atoms with Crippen LogP contribution in [-0.4, -0.2) is 0 Å². The minimum Gasteiger partial charge on any atom is -0.399 e. The maximum Gasteiger partial charge on any atom is 0.417 e. The standard InChI is InChI=1S/C15H14F3N/c1-2-10-9-11(19)7-8-12(10)13-5-3-4-6-14(13)15(16,17)18/h3-9H,2,19H2,1H3. The summed E-state index contributed by atoms with van der Waals surface area (Å²) in [6.45, 7) is 1.90. The van der Waals surface area contributed by atoms with E-state index in [0.717, 1.165) is 11.6 Å². The highest BCUT2D eigenvalue weighted by atomic mass is 19.4. The van der Waals surface area contributed by atoms with Crippen molar-refractivity contribution in [1.82, 2.24) is 0 Å². The quantitative estimate of drug-likeness (QED) is 0.794. The van der Waals surface area contributed by atoms with Crippen molar-refractivity contribution in [3.8, 4) is 11.1 Å². The van der Waals surface area contributed by atoms with Gasteiger partial charge in [-0.25, -0.2) is 0 Å². The van der Waals surface area contributed by atoms with Gasteiger partial charge in [-0.3, -0.25) is 0 Å². The Kier molecular flexibility index (Phi) is 3.51. The maximum absolute atomic E-state index is 13.0. The van der Waals surface area contributed by atoms with Crippen LogP contribution in [0.5, 0.6) is 0 Å². The van der Waals surface area contributed by atoms with Gasteiger partial charge in [0.15, 0.2) is 0 Å². The van der Waals surface area contributed by atoms with Gasteiger partial charge in [0.2, 0.25) is 0 Å². The van der Waals surface area contributed by atoms with E-state index in [0.29, 0.717) is 17.7 Å². The molecule has 100 valence electrons. The first-order chi connectivity index (χ1) is 8.93. The average Bonchev–Trinajstić information content (AvgIpc) is 2.37. The van der Waals surface area contributed by atoms with Gasteiger partial charge in [-0.15, -0.1) is 0 Å².